The van der Waals surface area contributed by atoms with Crippen molar-refractivity contribution in [3.63, 3.8) is 0 Å². The van der Waals surface area contributed by atoms with Gasteiger partial charge in [-0.2, -0.15) is 0 Å². The lowest BCUT2D eigenvalue weighted by molar-refractivity contribution is 0.602. The molecule has 0 saturated heterocycles. The van der Waals surface area contributed by atoms with Gasteiger partial charge in [-0.3, -0.25) is 0 Å². The lowest BCUT2D eigenvalue weighted by Crippen LogP contribution is -1.97. The number of hydrogen-bond acceptors (Lipinski definition) is 2. The minimum Gasteiger partial charge on any atom is -0.224 e. The molecule has 0 aliphatic carbocycles. The van der Waals surface area contributed by atoms with E-state index in [-0.39, 0.29) is 4.90 Å². The van der Waals surface area contributed by atoms with E-state index in [9.17, 15) is 8.42 Å². The maximum Gasteiger partial charge on any atom is 0.175 e. The fraction of sp³-hybridized carbons (Fsp3) is 0.250. The van der Waals surface area contributed by atoms with Gasteiger partial charge in [0.05, 0.1) is 4.90 Å². The van der Waals surface area contributed by atoms with Crippen LogP contribution >= 0.6 is 23.2 Å². The molecular formula is C8H8Cl2O2S. The highest BCUT2D eigenvalue weighted by molar-refractivity contribution is 7.90. The van der Waals surface area contributed by atoms with Gasteiger partial charge in [-0.15, -0.1) is 0 Å². The van der Waals surface area contributed by atoms with Crippen molar-refractivity contribution in [2.45, 2.75) is 11.8 Å². The SMILES string of the molecule is Cc1c(Cl)cc(S(C)(=O)=O)cc1Cl. The first kappa shape index (κ1) is 10.8. The summed E-state index contributed by atoms with van der Waals surface area (Å²) in [6, 6.07) is 2.80. The van der Waals surface area contributed by atoms with Crippen LogP contribution < -0.4 is 0 Å². The van der Waals surface area contributed by atoms with Crippen molar-refractivity contribution in [1.82, 2.24) is 0 Å². The van der Waals surface area contributed by atoms with Crippen LogP contribution in [0.15, 0.2) is 17.0 Å². The van der Waals surface area contributed by atoms with Gasteiger partial charge in [0.15, 0.2) is 9.84 Å². The summed E-state index contributed by atoms with van der Waals surface area (Å²) in [4.78, 5) is 0.146. The van der Waals surface area contributed by atoms with Crippen molar-refractivity contribution >= 4 is 33.0 Å². The van der Waals surface area contributed by atoms with Gasteiger partial charge in [-0.05, 0) is 24.6 Å². The highest BCUT2D eigenvalue weighted by Crippen LogP contribution is 2.27. The Morgan fingerprint density at radius 3 is 1.85 bits per heavy atom. The van der Waals surface area contributed by atoms with E-state index in [4.69, 9.17) is 23.2 Å². The molecule has 0 atom stereocenters. The van der Waals surface area contributed by atoms with Crippen LogP contribution in [0, 0.1) is 6.92 Å². The van der Waals surface area contributed by atoms with Gasteiger partial charge in [0.2, 0.25) is 0 Å². The Kier molecular flexibility index (Phi) is 2.90. The molecule has 72 valence electrons. The van der Waals surface area contributed by atoms with Crippen LogP contribution in [0.4, 0.5) is 0 Å². The molecule has 0 unspecified atom stereocenters. The largest absolute Gasteiger partial charge is 0.224 e. The maximum atomic E-state index is 11.1. The van der Waals surface area contributed by atoms with Gasteiger partial charge in [0.25, 0.3) is 0 Å². The quantitative estimate of drug-likeness (QED) is 0.755. The molecule has 0 saturated carbocycles. The zero-order valence-electron chi connectivity index (χ0n) is 7.14. The van der Waals surface area contributed by atoms with E-state index in [1.165, 1.54) is 12.1 Å². The summed E-state index contributed by atoms with van der Waals surface area (Å²) in [5.41, 5.74) is 0.690. The van der Waals surface area contributed by atoms with Crippen LogP contribution in [0.1, 0.15) is 5.56 Å². The lowest BCUT2D eigenvalue weighted by atomic mass is 10.2. The van der Waals surface area contributed by atoms with E-state index in [2.05, 4.69) is 0 Å². The summed E-state index contributed by atoms with van der Waals surface area (Å²) >= 11 is 11.6. The Balaban J connectivity index is 3.47. The Labute approximate surface area is 87.4 Å². The first-order valence-electron chi connectivity index (χ1n) is 3.48. The van der Waals surface area contributed by atoms with Crippen molar-refractivity contribution < 1.29 is 8.42 Å². The molecule has 1 aromatic rings. The minimum absolute atomic E-state index is 0.146. The van der Waals surface area contributed by atoms with Gasteiger partial charge in [-0.1, -0.05) is 23.2 Å². The molecule has 0 aliphatic heterocycles. The molecule has 0 aliphatic rings. The Hall–Kier alpha value is -0.250. The van der Waals surface area contributed by atoms with Crippen LogP contribution in [0.2, 0.25) is 10.0 Å². The highest BCUT2D eigenvalue weighted by Gasteiger charge is 2.11. The number of benzene rings is 1. The predicted octanol–water partition coefficient (Wildman–Crippen LogP) is 2.71. The normalized spacial score (nSPS) is 11.7. The standard InChI is InChI=1S/C8H8Cl2O2S/c1-5-7(9)3-6(4-8(5)10)13(2,11)12/h3-4H,1-2H3. The summed E-state index contributed by atoms with van der Waals surface area (Å²) in [6.45, 7) is 1.73. The van der Waals surface area contributed by atoms with Crippen molar-refractivity contribution in [3.05, 3.63) is 27.7 Å². The van der Waals surface area contributed by atoms with E-state index < -0.39 is 9.84 Å². The van der Waals surface area contributed by atoms with Gasteiger partial charge in [0.1, 0.15) is 0 Å². The number of hydrogen-bond donors (Lipinski definition) is 0. The molecule has 0 N–H and O–H groups in total. The first-order valence-corrected chi connectivity index (χ1v) is 6.13. The predicted molar refractivity (Wildman–Crippen MR) is 54.3 cm³/mol. The van der Waals surface area contributed by atoms with Gasteiger partial charge < -0.3 is 0 Å². The topological polar surface area (TPSA) is 34.1 Å². The van der Waals surface area contributed by atoms with E-state index in [0.29, 0.717) is 15.6 Å². The summed E-state index contributed by atoms with van der Waals surface area (Å²) in [7, 11) is -3.23. The van der Waals surface area contributed by atoms with Crippen LogP contribution in [-0.4, -0.2) is 14.7 Å². The molecule has 0 radical (unpaired) electrons. The Morgan fingerprint density at radius 1 is 1.15 bits per heavy atom. The van der Waals surface area contributed by atoms with Crippen molar-refractivity contribution in [3.8, 4) is 0 Å². The third-order valence-corrected chi connectivity index (χ3v) is 3.56. The number of sulfone groups is 1. The molecule has 0 amide bonds. The third-order valence-electron chi connectivity index (χ3n) is 1.68. The van der Waals surface area contributed by atoms with Crippen LogP contribution in [0.5, 0.6) is 0 Å². The molecule has 2 nitrogen and oxygen atoms in total. The highest BCUT2D eigenvalue weighted by atomic mass is 35.5. The molecule has 0 bridgehead atoms. The number of rotatable bonds is 1. The molecule has 0 fully saturated rings. The van der Waals surface area contributed by atoms with Crippen molar-refractivity contribution in [1.29, 1.82) is 0 Å². The fourth-order valence-electron chi connectivity index (χ4n) is 0.836. The smallest absolute Gasteiger partial charge is 0.175 e. The summed E-state index contributed by atoms with van der Waals surface area (Å²) < 4.78 is 22.3. The molecule has 0 aromatic heterocycles. The monoisotopic (exact) mass is 238 g/mol. The zero-order valence-corrected chi connectivity index (χ0v) is 9.46. The average Bonchev–Trinajstić information content (AvgIpc) is 1.97. The molecular weight excluding hydrogens is 231 g/mol. The molecule has 1 aromatic carbocycles. The summed E-state index contributed by atoms with van der Waals surface area (Å²) in [5.74, 6) is 0. The van der Waals surface area contributed by atoms with Crippen molar-refractivity contribution in [2.24, 2.45) is 0 Å². The molecule has 0 heterocycles. The second kappa shape index (κ2) is 3.48. The van der Waals surface area contributed by atoms with Crippen LogP contribution in [0.3, 0.4) is 0 Å². The van der Waals surface area contributed by atoms with E-state index in [0.717, 1.165) is 6.26 Å². The van der Waals surface area contributed by atoms with Gasteiger partial charge >= 0.3 is 0 Å². The van der Waals surface area contributed by atoms with Crippen LogP contribution in [0.25, 0.3) is 0 Å². The fourth-order valence-corrected chi connectivity index (χ4v) is 2.12. The second-order valence-corrected chi connectivity index (χ2v) is 5.61. The molecule has 0 spiro atoms. The first-order chi connectivity index (χ1) is 5.82. The Morgan fingerprint density at radius 2 is 1.54 bits per heavy atom. The Bertz CT molecular complexity index is 414. The second-order valence-electron chi connectivity index (χ2n) is 2.78. The lowest BCUT2D eigenvalue weighted by Gasteiger charge is -2.04. The van der Waals surface area contributed by atoms with Crippen LogP contribution in [-0.2, 0) is 9.84 Å². The van der Waals surface area contributed by atoms with E-state index >= 15 is 0 Å². The molecule has 1 rings (SSSR count). The number of halogens is 2. The summed E-state index contributed by atoms with van der Waals surface area (Å²) in [5, 5.41) is 0.737. The molecule has 13 heavy (non-hydrogen) atoms. The molecule has 5 heteroatoms. The third kappa shape index (κ3) is 2.36. The maximum absolute atomic E-state index is 11.1. The van der Waals surface area contributed by atoms with Gasteiger partial charge in [0, 0.05) is 16.3 Å². The zero-order chi connectivity index (χ0) is 10.2. The van der Waals surface area contributed by atoms with E-state index in [1.807, 2.05) is 0 Å². The van der Waals surface area contributed by atoms with Gasteiger partial charge in [-0.25, -0.2) is 8.42 Å². The average molecular weight is 239 g/mol. The summed E-state index contributed by atoms with van der Waals surface area (Å²) in [6.07, 6.45) is 1.12. The minimum atomic E-state index is -3.23. The van der Waals surface area contributed by atoms with E-state index in [1.54, 1.807) is 6.92 Å². The van der Waals surface area contributed by atoms with Crippen molar-refractivity contribution in [2.75, 3.05) is 6.26 Å².